The number of nitrogens with one attached hydrogen (secondary N) is 2. The van der Waals surface area contributed by atoms with Gasteiger partial charge in [-0.25, -0.2) is 16.8 Å². The summed E-state index contributed by atoms with van der Waals surface area (Å²) in [4.78, 5) is 12.5. The van der Waals surface area contributed by atoms with Crippen molar-refractivity contribution in [1.29, 1.82) is 0 Å². The predicted molar refractivity (Wildman–Crippen MR) is 190 cm³/mol. The largest absolute Gasteiger partial charge is 1.00 e. The fourth-order valence-electron chi connectivity index (χ4n) is 5.41. The molecule has 256 valence electrons. The topological polar surface area (TPSA) is 158 Å². The molecule has 5 aromatic rings. The first-order valence-corrected chi connectivity index (χ1v) is 19.1. The third kappa shape index (κ3) is 10.9. The number of benzene rings is 4. The fourth-order valence-corrected chi connectivity index (χ4v) is 6.33. The van der Waals surface area contributed by atoms with Crippen LogP contribution in [0.2, 0.25) is 0 Å². The molecule has 0 bridgehead atoms. The van der Waals surface area contributed by atoms with Gasteiger partial charge in [0.25, 0.3) is 5.91 Å². The van der Waals surface area contributed by atoms with Gasteiger partial charge < -0.3 is 14.4 Å². The molecule has 0 fully saturated rings. The Balaban J connectivity index is 0.00000562. The van der Waals surface area contributed by atoms with E-state index in [0.717, 1.165) is 39.8 Å². The minimum absolute atomic E-state index is 0. The molecule has 0 aliphatic rings. The van der Waals surface area contributed by atoms with Crippen molar-refractivity contribution in [2.45, 2.75) is 38.5 Å². The first-order valence-electron chi connectivity index (χ1n) is 15.6. The maximum Gasteiger partial charge on any atom is 1.00 e. The molecule has 10 nitrogen and oxygen atoms in total. The minimum Gasteiger partial charge on any atom is -0.748 e. The number of aromatic nitrogens is 1. The molecule has 0 saturated carbocycles. The van der Waals surface area contributed by atoms with E-state index in [-0.39, 0.29) is 47.4 Å². The molecule has 50 heavy (non-hydrogen) atoms. The maximum absolute atomic E-state index is 12.5. The van der Waals surface area contributed by atoms with Crippen LogP contribution in [-0.2, 0) is 32.0 Å². The van der Waals surface area contributed by atoms with E-state index >= 15 is 0 Å². The van der Waals surface area contributed by atoms with Gasteiger partial charge in [-0.05, 0) is 70.0 Å². The van der Waals surface area contributed by atoms with Gasteiger partial charge in [0.2, 0.25) is 10.0 Å². The number of sulfonamides is 1. The summed E-state index contributed by atoms with van der Waals surface area (Å²) >= 11 is 0. The molecule has 0 spiro atoms. The van der Waals surface area contributed by atoms with E-state index in [2.05, 4.69) is 60.2 Å². The van der Waals surface area contributed by atoms with Gasteiger partial charge in [0.1, 0.15) is 0 Å². The van der Waals surface area contributed by atoms with Gasteiger partial charge >= 0.3 is 29.6 Å². The second kappa shape index (κ2) is 16.1. The number of hydrogen-bond donors (Lipinski definition) is 2. The van der Waals surface area contributed by atoms with E-state index in [1.807, 2.05) is 54.6 Å². The van der Waals surface area contributed by atoms with Crippen LogP contribution in [-0.4, -0.2) is 51.0 Å². The molecular weight excluding hydrogens is 686 g/mol. The molecule has 5 rings (SSSR count). The van der Waals surface area contributed by atoms with Crippen molar-refractivity contribution in [3.63, 3.8) is 0 Å². The number of carbonyl (C=O) groups excluding carboxylic acids is 1. The zero-order chi connectivity index (χ0) is 35.4. The Kier molecular flexibility index (Phi) is 12.5. The summed E-state index contributed by atoms with van der Waals surface area (Å²) < 4.78 is 64.1. The molecule has 1 aromatic heterocycles. The molecule has 1 atom stereocenters. The first kappa shape index (κ1) is 39.0. The Hall–Kier alpha value is -3.78. The van der Waals surface area contributed by atoms with Crippen molar-refractivity contribution in [1.82, 2.24) is 10.5 Å². The van der Waals surface area contributed by atoms with Crippen LogP contribution in [0.25, 0.3) is 22.5 Å². The fraction of sp³-hybridized carbons (Fsp3) is 0.243. The third-order valence-electron chi connectivity index (χ3n) is 8.03. The first-order chi connectivity index (χ1) is 23.0. The van der Waals surface area contributed by atoms with Crippen LogP contribution in [0.1, 0.15) is 59.4 Å². The van der Waals surface area contributed by atoms with E-state index in [9.17, 15) is 26.2 Å². The van der Waals surface area contributed by atoms with Crippen molar-refractivity contribution in [3.05, 3.63) is 131 Å². The number of nitrogens with zero attached hydrogens (tertiary/aromatic N) is 1. The molecule has 0 saturated heterocycles. The van der Waals surface area contributed by atoms with E-state index in [4.69, 9.17) is 4.52 Å². The summed E-state index contributed by atoms with van der Waals surface area (Å²) in [5.74, 6) is -0.717. The minimum atomic E-state index is -4.42. The predicted octanol–water partition coefficient (Wildman–Crippen LogP) is 3.33. The molecular formula is C37H38N3NaO7S2. The Morgan fingerprint density at radius 3 is 2.08 bits per heavy atom. The summed E-state index contributed by atoms with van der Waals surface area (Å²) in [7, 11) is -7.80. The second-order valence-electron chi connectivity index (χ2n) is 13.0. The van der Waals surface area contributed by atoms with Crippen LogP contribution in [0.5, 0.6) is 0 Å². The molecule has 0 aliphatic heterocycles. The van der Waals surface area contributed by atoms with Gasteiger partial charge in [-0.3, -0.25) is 9.52 Å². The SMILES string of the molecule is CC(C)(C)c1ccc(C(Cc2ccc(C(=O)NCCS(=O)(=O)[O-])cc2)c2cc(-c3cccc(-c4ccc(NS(C)(=O)=O)cc4)c3)on2)cc1.[Na+]. The van der Waals surface area contributed by atoms with E-state index in [0.29, 0.717) is 23.4 Å². The van der Waals surface area contributed by atoms with Crippen LogP contribution in [0.15, 0.2) is 108 Å². The summed E-state index contributed by atoms with van der Waals surface area (Å²) in [5, 5.41) is 6.97. The van der Waals surface area contributed by atoms with Crippen LogP contribution in [0.4, 0.5) is 5.69 Å². The van der Waals surface area contributed by atoms with Crippen molar-refractivity contribution >= 4 is 31.7 Å². The Morgan fingerprint density at radius 2 is 1.48 bits per heavy atom. The van der Waals surface area contributed by atoms with E-state index in [1.165, 1.54) is 5.56 Å². The molecule has 4 aromatic carbocycles. The summed E-state index contributed by atoms with van der Waals surface area (Å²) in [6.45, 7) is 6.23. The van der Waals surface area contributed by atoms with Crippen molar-refractivity contribution in [3.8, 4) is 22.5 Å². The Labute approximate surface area is 315 Å². The molecule has 0 radical (unpaired) electrons. The molecule has 0 aliphatic carbocycles. The summed E-state index contributed by atoms with van der Waals surface area (Å²) in [6.07, 6.45) is 1.67. The van der Waals surface area contributed by atoms with Crippen LogP contribution in [0, 0.1) is 0 Å². The van der Waals surface area contributed by atoms with Gasteiger partial charge in [-0.1, -0.05) is 92.7 Å². The number of amides is 1. The average molecular weight is 724 g/mol. The van der Waals surface area contributed by atoms with Gasteiger partial charge in [0.15, 0.2) is 5.76 Å². The van der Waals surface area contributed by atoms with Crippen molar-refractivity contribution < 1.29 is 60.3 Å². The summed E-state index contributed by atoms with van der Waals surface area (Å²) in [5.41, 5.74) is 7.41. The van der Waals surface area contributed by atoms with Crippen LogP contribution >= 0.6 is 0 Å². The standard InChI is InChI=1S/C37H39N3O7S2.Na/c1-37(2,3)31-16-12-27(13-17-31)33(22-25-8-10-28(11-9-25)36(41)38-20-21-49(44,45)46)34-24-35(47-39-34)30-7-5-6-29(23-30)26-14-18-32(19-15-26)40-48(4,42)43;/h5-19,23-24,33,40H,20-22H2,1-4H3,(H,38,41)(H,44,45,46);/q;+1/p-1. The van der Waals surface area contributed by atoms with Gasteiger partial charge in [-0.15, -0.1) is 0 Å². The van der Waals surface area contributed by atoms with E-state index < -0.39 is 31.8 Å². The number of anilines is 1. The Morgan fingerprint density at radius 1 is 0.840 bits per heavy atom. The maximum atomic E-state index is 12.5. The quantitative estimate of drug-likeness (QED) is 0.147. The van der Waals surface area contributed by atoms with Gasteiger partial charge in [0.05, 0.1) is 27.8 Å². The number of rotatable bonds is 12. The molecule has 13 heteroatoms. The van der Waals surface area contributed by atoms with Gasteiger partial charge in [-0.2, -0.15) is 0 Å². The number of hydrogen-bond acceptors (Lipinski definition) is 8. The van der Waals surface area contributed by atoms with Gasteiger partial charge in [0, 0.05) is 35.3 Å². The second-order valence-corrected chi connectivity index (χ2v) is 16.3. The molecule has 1 amide bonds. The van der Waals surface area contributed by atoms with Crippen LogP contribution in [0.3, 0.4) is 0 Å². The molecule has 1 heterocycles. The third-order valence-corrected chi connectivity index (χ3v) is 9.34. The zero-order valence-corrected chi connectivity index (χ0v) is 32.3. The molecule has 1 unspecified atom stereocenters. The zero-order valence-electron chi connectivity index (χ0n) is 28.6. The van der Waals surface area contributed by atoms with E-state index in [1.54, 1.807) is 24.3 Å². The van der Waals surface area contributed by atoms with Crippen LogP contribution < -0.4 is 39.6 Å². The molecule has 2 N–H and O–H groups in total. The normalized spacial score (nSPS) is 12.5. The monoisotopic (exact) mass is 723 g/mol. The average Bonchev–Trinajstić information content (AvgIpc) is 3.53. The number of carbonyl (C=O) groups is 1. The van der Waals surface area contributed by atoms with Crippen molar-refractivity contribution in [2.75, 3.05) is 23.3 Å². The summed E-state index contributed by atoms with van der Waals surface area (Å²) in [6, 6.07) is 32.4. The Bertz CT molecular complexity index is 2140. The van der Waals surface area contributed by atoms with Crippen molar-refractivity contribution in [2.24, 2.45) is 0 Å². The smallest absolute Gasteiger partial charge is 0.748 e.